The highest BCUT2D eigenvalue weighted by Gasteiger charge is 2.10. The molecule has 2 nitrogen and oxygen atoms in total. The molecule has 3 rings (SSSR count). The average molecular weight is 263 g/mol. The normalized spacial score (nSPS) is 10.9. The van der Waals surface area contributed by atoms with Gasteiger partial charge in [-0.05, 0) is 24.3 Å². The van der Waals surface area contributed by atoms with Crippen molar-refractivity contribution in [3.8, 4) is 11.4 Å². The van der Waals surface area contributed by atoms with Gasteiger partial charge in [0, 0.05) is 16.8 Å². The molecule has 2 heterocycles. The Labute approximate surface area is 108 Å². The Morgan fingerprint density at radius 2 is 1.88 bits per heavy atom. The van der Waals surface area contributed by atoms with Crippen LogP contribution >= 0.6 is 23.2 Å². The van der Waals surface area contributed by atoms with Crippen molar-refractivity contribution in [2.24, 2.45) is 0 Å². The molecule has 0 radical (unpaired) electrons. The van der Waals surface area contributed by atoms with Gasteiger partial charge < -0.3 is 0 Å². The van der Waals surface area contributed by atoms with Gasteiger partial charge in [-0.25, -0.2) is 4.98 Å². The molecule has 17 heavy (non-hydrogen) atoms. The molecule has 3 aromatic rings. The Balaban J connectivity index is 2.31. The van der Waals surface area contributed by atoms with E-state index in [1.807, 2.05) is 53.1 Å². The van der Waals surface area contributed by atoms with Crippen molar-refractivity contribution in [1.29, 1.82) is 0 Å². The van der Waals surface area contributed by atoms with Crippen LogP contribution in [-0.2, 0) is 0 Å². The number of benzene rings is 1. The molecule has 0 aliphatic carbocycles. The standard InChI is InChI=1S/C13H8Cl2N2/c14-10-5-3-4-9(8-10)13-16-12(15)11-6-1-2-7-17(11)13/h1-8H. The van der Waals surface area contributed by atoms with Gasteiger partial charge in [-0.2, -0.15) is 0 Å². The number of fused-ring (bicyclic) bond motifs is 1. The second-order valence-corrected chi connectivity index (χ2v) is 4.49. The van der Waals surface area contributed by atoms with Gasteiger partial charge in [0.1, 0.15) is 5.82 Å². The van der Waals surface area contributed by atoms with Crippen LogP contribution in [0.15, 0.2) is 48.7 Å². The number of halogens is 2. The van der Waals surface area contributed by atoms with E-state index < -0.39 is 0 Å². The summed E-state index contributed by atoms with van der Waals surface area (Å²) in [5, 5.41) is 1.19. The van der Waals surface area contributed by atoms with Crippen LogP contribution in [0.3, 0.4) is 0 Å². The third-order valence-electron chi connectivity index (χ3n) is 2.59. The van der Waals surface area contributed by atoms with E-state index in [2.05, 4.69) is 4.98 Å². The summed E-state index contributed by atoms with van der Waals surface area (Å²) in [5.41, 5.74) is 1.84. The van der Waals surface area contributed by atoms with Crippen LogP contribution < -0.4 is 0 Å². The molecule has 0 atom stereocenters. The predicted molar refractivity (Wildman–Crippen MR) is 70.6 cm³/mol. The van der Waals surface area contributed by atoms with E-state index >= 15 is 0 Å². The van der Waals surface area contributed by atoms with Gasteiger partial charge in [-0.15, -0.1) is 0 Å². The lowest BCUT2D eigenvalue weighted by atomic mass is 10.2. The smallest absolute Gasteiger partial charge is 0.155 e. The van der Waals surface area contributed by atoms with E-state index in [1.165, 1.54) is 0 Å². The van der Waals surface area contributed by atoms with Crippen LogP contribution in [0.5, 0.6) is 0 Å². The quantitative estimate of drug-likeness (QED) is 0.639. The number of hydrogen-bond acceptors (Lipinski definition) is 1. The third-order valence-corrected chi connectivity index (χ3v) is 3.10. The molecule has 84 valence electrons. The van der Waals surface area contributed by atoms with E-state index in [9.17, 15) is 0 Å². The molecule has 0 amide bonds. The average Bonchev–Trinajstić information content (AvgIpc) is 2.68. The summed E-state index contributed by atoms with van der Waals surface area (Å²) in [7, 11) is 0. The van der Waals surface area contributed by atoms with Crippen molar-refractivity contribution in [3.05, 3.63) is 58.8 Å². The molecule has 0 saturated carbocycles. The minimum atomic E-state index is 0.501. The van der Waals surface area contributed by atoms with Gasteiger partial charge in [0.2, 0.25) is 0 Å². The lowest BCUT2D eigenvalue weighted by Gasteiger charge is -2.01. The van der Waals surface area contributed by atoms with Crippen LogP contribution in [0, 0.1) is 0 Å². The molecule has 1 aromatic carbocycles. The minimum absolute atomic E-state index is 0.501. The Morgan fingerprint density at radius 3 is 2.71 bits per heavy atom. The molecule has 0 fully saturated rings. The molecule has 0 bridgehead atoms. The molecule has 0 spiro atoms. The van der Waals surface area contributed by atoms with Gasteiger partial charge in [0.05, 0.1) is 5.52 Å². The van der Waals surface area contributed by atoms with Crippen molar-refractivity contribution in [2.75, 3.05) is 0 Å². The monoisotopic (exact) mass is 262 g/mol. The number of imidazole rings is 1. The fourth-order valence-corrected chi connectivity index (χ4v) is 2.26. The van der Waals surface area contributed by atoms with E-state index in [-0.39, 0.29) is 0 Å². The first kappa shape index (κ1) is 10.6. The number of nitrogens with zero attached hydrogens (tertiary/aromatic N) is 2. The Kier molecular flexibility index (Phi) is 2.54. The zero-order valence-corrected chi connectivity index (χ0v) is 10.3. The zero-order valence-electron chi connectivity index (χ0n) is 8.77. The fraction of sp³-hybridized carbons (Fsp3) is 0. The van der Waals surface area contributed by atoms with E-state index in [1.54, 1.807) is 0 Å². The highest BCUT2D eigenvalue weighted by molar-refractivity contribution is 6.33. The number of hydrogen-bond donors (Lipinski definition) is 0. The van der Waals surface area contributed by atoms with Crippen molar-refractivity contribution in [2.45, 2.75) is 0 Å². The fourth-order valence-electron chi connectivity index (χ4n) is 1.83. The van der Waals surface area contributed by atoms with E-state index in [0.717, 1.165) is 16.9 Å². The highest BCUT2D eigenvalue weighted by Crippen LogP contribution is 2.26. The van der Waals surface area contributed by atoms with Crippen LogP contribution in [0.25, 0.3) is 16.9 Å². The van der Waals surface area contributed by atoms with Gasteiger partial charge >= 0.3 is 0 Å². The molecule has 0 aliphatic heterocycles. The molecular formula is C13H8Cl2N2. The molecule has 0 saturated heterocycles. The summed E-state index contributed by atoms with van der Waals surface area (Å²) in [5.74, 6) is 0.799. The summed E-state index contributed by atoms with van der Waals surface area (Å²) in [4.78, 5) is 4.37. The molecule has 0 unspecified atom stereocenters. The van der Waals surface area contributed by atoms with Gasteiger partial charge in [0.25, 0.3) is 0 Å². The summed E-state index contributed by atoms with van der Waals surface area (Å²) in [6.07, 6.45) is 1.93. The number of aromatic nitrogens is 2. The maximum Gasteiger partial charge on any atom is 0.155 e. The van der Waals surface area contributed by atoms with E-state index in [4.69, 9.17) is 23.2 Å². The van der Waals surface area contributed by atoms with Crippen LogP contribution in [0.4, 0.5) is 0 Å². The lowest BCUT2D eigenvalue weighted by Crippen LogP contribution is -1.87. The summed E-state index contributed by atoms with van der Waals surface area (Å²) >= 11 is 12.1. The van der Waals surface area contributed by atoms with Gasteiger partial charge in [-0.3, -0.25) is 4.40 Å². The van der Waals surface area contributed by atoms with Crippen molar-refractivity contribution >= 4 is 28.7 Å². The van der Waals surface area contributed by atoms with Crippen molar-refractivity contribution in [3.63, 3.8) is 0 Å². The molecule has 0 N–H and O–H groups in total. The Bertz CT molecular complexity index is 689. The van der Waals surface area contributed by atoms with Crippen LogP contribution in [0.1, 0.15) is 0 Å². The van der Waals surface area contributed by atoms with Crippen LogP contribution in [0.2, 0.25) is 10.2 Å². The topological polar surface area (TPSA) is 17.3 Å². The van der Waals surface area contributed by atoms with Crippen LogP contribution in [-0.4, -0.2) is 9.38 Å². The number of rotatable bonds is 1. The second kappa shape index (κ2) is 4.06. The maximum absolute atomic E-state index is 6.10. The Hall–Kier alpha value is -1.51. The molecular weight excluding hydrogens is 255 g/mol. The largest absolute Gasteiger partial charge is 0.298 e. The van der Waals surface area contributed by atoms with Crippen molar-refractivity contribution in [1.82, 2.24) is 9.38 Å². The first-order chi connectivity index (χ1) is 8.25. The molecule has 2 aromatic heterocycles. The SMILES string of the molecule is Clc1cccc(-c2nc(Cl)c3ccccn23)c1. The first-order valence-corrected chi connectivity index (χ1v) is 5.90. The third kappa shape index (κ3) is 1.79. The van der Waals surface area contributed by atoms with Gasteiger partial charge in [-0.1, -0.05) is 41.4 Å². The zero-order chi connectivity index (χ0) is 11.8. The first-order valence-electron chi connectivity index (χ1n) is 5.14. The second-order valence-electron chi connectivity index (χ2n) is 3.69. The Morgan fingerprint density at radius 1 is 1.00 bits per heavy atom. The summed E-state index contributed by atoms with van der Waals surface area (Å²) in [6, 6.07) is 13.4. The lowest BCUT2D eigenvalue weighted by molar-refractivity contribution is 1.16. The van der Waals surface area contributed by atoms with Gasteiger partial charge in [0.15, 0.2) is 5.15 Å². The highest BCUT2D eigenvalue weighted by atomic mass is 35.5. The molecule has 4 heteroatoms. The minimum Gasteiger partial charge on any atom is -0.298 e. The van der Waals surface area contributed by atoms with Crippen molar-refractivity contribution < 1.29 is 0 Å². The van der Waals surface area contributed by atoms with E-state index in [0.29, 0.717) is 10.2 Å². The molecule has 0 aliphatic rings. The summed E-state index contributed by atoms with van der Waals surface area (Å²) in [6.45, 7) is 0. The predicted octanol–water partition coefficient (Wildman–Crippen LogP) is 4.31. The maximum atomic E-state index is 6.10. The number of pyridine rings is 1. The summed E-state index contributed by atoms with van der Waals surface area (Å²) < 4.78 is 1.95.